The summed E-state index contributed by atoms with van der Waals surface area (Å²) in [7, 11) is 1.39. The summed E-state index contributed by atoms with van der Waals surface area (Å²) < 4.78 is 11.9. The minimum absolute atomic E-state index is 0.0159. The first kappa shape index (κ1) is 49.9. The van der Waals surface area contributed by atoms with Crippen molar-refractivity contribution >= 4 is 29.5 Å². The zero-order valence-corrected chi connectivity index (χ0v) is 38.5. The molecule has 5 rings (SSSR count). The molecule has 0 fully saturated rings. The maximum absolute atomic E-state index is 14.6. The second-order valence-electron chi connectivity index (χ2n) is 17.3. The molecule has 1 aliphatic heterocycles. The van der Waals surface area contributed by atoms with E-state index >= 15 is 0 Å². The molecular formula is C48H60N10O8. The molecule has 4 atom stereocenters. The van der Waals surface area contributed by atoms with E-state index in [9.17, 15) is 29.1 Å². The fourth-order valence-corrected chi connectivity index (χ4v) is 7.43. The number of likely N-dealkylation sites (N-methyl/N-ethyl adjacent to an activating group) is 1. The van der Waals surface area contributed by atoms with E-state index in [4.69, 9.17) is 26.2 Å². The number of nitrogens with zero attached hydrogens (tertiary/aromatic N) is 4. The van der Waals surface area contributed by atoms with Crippen LogP contribution in [0.1, 0.15) is 79.5 Å². The molecule has 0 aliphatic carbocycles. The predicted octanol–water partition coefficient (Wildman–Crippen LogP) is 3.12. The van der Waals surface area contributed by atoms with Gasteiger partial charge < -0.3 is 52.2 Å². The van der Waals surface area contributed by atoms with Gasteiger partial charge in [-0.3, -0.25) is 24.0 Å². The highest BCUT2D eigenvalue weighted by atomic mass is 16.5. The Balaban J connectivity index is 1.48. The largest absolute Gasteiger partial charge is 0.507 e. The molecule has 350 valence electrons. The smallest absolute Gasteiger partial charge is 0.255 e. The van der Waals surface area contributed by atoms with Gasteiger partial charge in [-0.1, -0.05) is 32.9 Å². The third kappa shape index (κ3) is 12.6. The maximum atomic E-state index is 14.6. The summed E-state index contributed by atoms with van der Waals surface area (Å²) in [6.07, 6.45) is 0.832. The Morgan fingerprint density at radius 1 is 0.939 bits per heavy atom. The van der Waals surface area contributed by atoms with Crippen LogP contribution in [0.2, 0.25) is 0 Å². The van der Waals surface area contributed by atoms with Gasteiger partial charge in [0.25, 0.3) is 5.91 Å². The second-order valence-corrected chi connectivity index (χ2v) is 17.3. The Morgan fingerprint density at radius 3 is 2.27 bits per heavy atom. The molecule has 4 bridgehead atoms. The number of ether oxygens (including phenoxy) is 2. The second kappa shape index (κ2) is 22.2. The summed E-state index contributed by atoms with van der Waals surface area (Å²) in [6.45, 7) is 11.7. The Labute approximate surface area is 384 Å². The molecule has 66 heavy (non-hydrogen) atoms. The lowest BCUT2D eigenvalue weighted by molar-refractivity contribution is -0.141. The summed E-state index contributed by atoms with van der Waals surface area (Å²) in [5, 5.41) is 30.9. The average molecular weight is 905 g/mol. The number of amides is 5. The van der Waals surface area contributed by atoms with Crippen LogP contribution < -0.4 is 42.2 Å². The summed E-state index contributed by atoms with van der Waals surface area (Å²) in [6, 6.07) is 13.5. The van der Waals surface area contributed by atoms with Gasteiger partial charge in [0.2, 0.25) is 23.6 Å². The van der Waals surface area contributed by atoms with Gasteiger partial charge in [-0.15, -0.1) is 0 Å². The number of nitriles is 1. The molecule has 18 nitrogen and oxygen atoms in total. The molecule has 1 aromatic heterocycles. The molecule has 18 heteroatoms. The number of carbonyl (C=O) groups excluding carboxylic acids is 5. The number of aromatic nitrogens is 2. The zero-order chi connectivity index (χ0) is 48.3. The SMILES string of the molecule is Cc1nc(-c2ccc(OCCC(C)(C)C)cc2)nc(C)c1C(=O)N[C@@H](CCN)C(=O)N(C)[C@@H]1C(=O)N[C@@H](C)C(=O)N[C@H](C(=O)NCC#N)Cc2ccc(O)c(c2)-c2cc1ccc2OCCN. The minimum Gasteiger partial charge on any atom is -0.507 e. The van der Waals surface area contributed by atoms with Crippen molar-refractivity contribution in [3.8, 4) is 45.8 Å². The van der Waals surface area contributed by atoms with Crippen LogP contribution in [0.25, 0.3) is 22.5 Å². The third-order valence-corrected chi connectivity index (χ3v) is 11.0. The number of aromatic hydroxyl groups is 1. The summed E-state index contributed by atoms with van der Waals surface area (Å²) in [5.74, 6) is -2.23. The number of hydrogen-bond acceptors (Lipinski definition) is 13. The highest BCUT2D eigenvalue weighted by Crippen LogP contribution is 2.39. The van der Waals surface area contributed by atoms with E-state index in [0.717, 1.165) is 11.3 Å². The van der Waals surface area contributed by atoms with Crippen molar-refractivity contribution in [1.82, 2.24) is 36.1 Å². The first-order chi connectivity index (χ1) is 31.3. The van der Waals surface area contributed by atoms with Gasteiger partial charge >= 0.3 is 0 Å². The number of nitrogens with one attached hydrogen (secondary N) is 4. The van der Waals surface area contributed by atoms with Gasteiger partial charge in [0.1, 0.15) is 54.6 Å². The topological polar surface area (TPSA) is 277 Å². The van der Waals surface area contributed by atoms with Gasteiger partial charge in [0, 0.05) is 36.7 Å². The Bertz CT molecular complexity index is 2440. The van der Waals surface area contributed by atoms with Crippen LogP contribution in [0, 0.1) is 30.6 Å². The van der Waals surface area contributed by atoms with E-state index in [2.05, 4.69) is 52.0 Å². The molecule has 3 aromatic carbocycles. The van der Waals surface area contributed by atoms with E-state index in [1.165, 1.54) is 20.0 Å². The zero-order valence-electron chi connectivity index (χ0n) is 38.5. The van der Waals surface area contributed by atoms with E-state index in [1.54, 1.807) is 44.2 Å². The molecular weight excluding hydrogens is 845 g/mol. The maximum Gasteiger partial charge on any atom is 0.255 e. The lowest BCUT2D eigenvalue weighted by Crippen LogP contribution is -2.56. The number of phenolic OH excluding ortho intramolecular Hbond substituents is 1. The lowest BCUT2D eigenvalue weighted by Gasteiger charge is -2.32. The van der Waals surface area contributed by atoms with Gasteiger partial charge in [0.15, 0.2) is 5.82 Å². The molecule has 0 radical (unpaired) electrons. The first-order valence-electron chi connectivity index (χ1n) is 21.8. The van der Waals surface area contributed by atoms with Crippen LogP contribution in [0.4, 0.5) is 0 Å². The highest BCUT2D eigenvalue weighted by molar-refractivity contribution is 6.00. The van der Waals surface area contributed by atoms with Crippen LogP contribution in [0.5, 0.6) is 17.2 Å². The van der Waals surface area contributed by atoms with Crippen LogP contribution >= 0.6 is 0 Å². The van der Waals surface area contributed by atoms with Crippen molar-refractivity contribution in [2.24, 2.45) is 16.9 Å². The van der Waals surface area contributed by atoms with Crippen molar-refractivity contribution < 1.29 is 38.6 Å². The third-order valence-electron chi connectivity index (χ3n) is 11.0. The highest BCUT2D eigenvalue weighted by Gasteiger charge is 2.36. The van der Waals surface area contributed by atoms with E-state index < -0.39 is 53.7 Å². The standard InChI is InChI=1S/C48H60N10O8/c1-27-40(28(2)54-42(53-27)31-9-12-33(13-10-31)65-22-17-48(4,5)6)45(62)56-36(16-18-49)47(64)58(7)41-32-11-15-39(66-23-20-51)35(26-32)34-24-30(8-14-38(34)59)25-37(44(61)52-21-19-50)57-43(60)29(3)55-46(41)63/h8-15,24,26,29,36-37,41,59H,16-18,20-23,25,49,51H2,1-7H3,(H,52,61)(H,55,63)(H,56,62)(H,57,60)/t29-,36-,37-,41-/m0/s1. The van der Waals surface area contributed by atoms with Crippen molar-refractivity contribution in [2.45, 2.75) is 85.0 Å². The minimum atomic E-state index is -1.43. The summed E-state index contributed by atoms with van der Waals surface area (Å²) in [4.78, 5) is 80.4. The normalized spacial score (nSPS) is 16.6. The number of aryl methyl sites for hydroxylation is 2. The quantitative estimate of drug-likeness (QED) is 0.0846. The van der Waals surface area contributed by atoms with E-state index in [1.807, 2.05) is 30.3 Å². The fraction of sp³-hybridized carbons (Fsp3) is 0.417. The molecule has 0 saturated heterocycles. The monoisotopic (exact) mass is 904 g/mol. The van der Waals surface area contributed by atoms with Crippen molar-refractivity contribution in [3.63, 3.8) is 0 Å². The summed E-state index contributed by atoms with van der Waals surface area (Å²) in [5.41, 5.74) is 14.9. The number of hydrogen-bond donors (Lipinski definition) is 7. The summed E-state index contributed by atoms with van der Waals surface area (Å²) >= 11 is 0. The van der Waals surface area contributed by atoms with Gasteiger partial charge in [0.05, 0.1) is 29.6 Å². The number of fused-ring (bicyclic) bond motifs is 5. The van der Waals surface area contributed by atoms with Crippen LogP contribution in [-0.4, -0.2) is 108 Å². The number of nitrogens with two attached hydrogens (primary N) is 2. The molecule has 1 aliphatic rings. The molecule has 0 unspecified atom stereocenters. The van der Waals surface area contributed by atoms with Gasteiger partial charge in [-0.2, -0.15) is 5.26 Å². The van der Waals surface area contributed by atoms with Crippen LogP contribution in [0.3, 0.4) is 0 Å². The first-order valence-corrected chi connectivity index (χ1v) is 21.8. The van der Waals surface area contributed by atoms with Crippen molar-refractivity contribution in [3.05, 3.63) is 88.7 Å². The molecule has 2 heterocycles. The molecule has 0 spiro atoms. The number of carbonyl (C=O) groups is 5. The molecule has 4 aromatic rings. The van der Waals surface area contributed by atoms with Crippen LogP contribution in [-0.2, 0) is 25.6 Å². The molecule has 9 N–H and O–H groups in total. The van der Waals surface area contributed by atoms with Gasteiger partial charge in [-0.25, -0.2) is 9.97 Å². The fourth-order valence-electron chi connectivity index (χ4n) is 7.43. The molecule has 5 amide bonds. The Hall–Kier alpha value is -7.10. The number of rotatable bonds is 15. The van der Waals surface area contributed by atoms with E-state index in [0.29, 0.717) is 52.0 Å². The lowest BCUT2D eigenvalue weighted by atomic mass is 9.93. The average Bonchev–Trinajstić information content (AvgIpc) is 3.26. The Kier molecular flexibility index (Phi) is 16.8. The number of benzene rings is 3. The predicted molar refractivity (Wildman–Crippen MR) is 247 cm³/mol. The van der Waals surface area contributed by atoms with Crippen molar-refractivity contribution in [1.29, 1.82) is 5.26 Å². The van der Waals surface area contributed by atoms with E-state index in [-0.39, 0.29) is 66.9 Å². The van der Waals surface area contributed by atoms with Gasteiger partial charge in [-0.05, 0) is 105 Å². The Morgan fingerprint density at radius 2 is 1.64 bits per heavy atom. The molecule has 0 saturated carbocycles. The number of phenols is 1. The van der Waals surface area contributed by atoms with Crippen molar-refractivity contribution in [2.75, 3.05) is 39.9 Å². The van der Waals surface area contributed by atoms with Crippen LogP contribution in [0.15, 0.2) is 60.7 Å².